The van der Waals surface area contributed by atoms with Gasteiger partial charge in [-0.1, -0.05) is 6.07 Å². The number of hydrogen-bond donors (Lipinski definition) is 0. The normalized spacial score (nSPS) is 16.4. The van der Waals surface area contributed by atoms with Gasteiger partial charge in [-0.05, 0) is 13.0 Å². The Morgan fingerprint density at radius 3 is 2.44 bits per heavy atom. The van der Waals surface area contributed by atoms with E-state index >= 15 is 0 Å². The van der Waals surface area contributed by atoms with Crippen molar-refractivity contribution in [1.82, 2.24) is 4.90 Å². The zero-order valence-corrected chi connectivity index (χ0v) is 11.5. The van der Waals surface area contributed by atoms with Gasteiger partial charge in [0.05, 0.1) is 20.3 Å². The van der Waals surface area contributed by atoms with Gasteiger partial charge < -0.3 is 14.2 Å². The van der Waals surface area contributed by atoms with Crippen LogP contribution in [0.25, 0.3) is 0 Å². The predicted octanol–water partition coefficient (Wildman–Crippen LogP) is 1.84. The van der Waals surface area contributed by atoms with Gasteiger partial charge in [-0.25, -0.2) is 0 Å². The van der Waals surface area contributed by atoms with Crippen molar-refractivity contribution in [2.45, 2.75) is 19.6 Å². The molecule has 100 valence electrons. The zero-order valence-electron chi connectivity index (χ0n) is 11.5. The molecule has 4 heteroatoms. The van der Waals surface area contributed by atoms with Crippen LogP contribution in [-0.4, -0.2) is 45.4 Å². The molecule has 0 unspecified atom stereocenters. The minimum atomic E-state index is 0.385. The summed E-state index contributed by atoms with van der Waals surface area (Å²) in [5, 5.41) is 0. The number of benzene rings is 1. The maximum atomic E-state index is 5.50. The first-order valence-corrected chi connectivity index (χ1v) is 6.15. The predicted molar refractivity (Wildman–Crippen MR) is 70.4 cm³/mol. The molecule has 4 nitrogen and oxygen atoms in total. The first-order chi connectivity index (χ1) is 8.69. The summed E-state index contributed by atoms with van der Waals surface area (Å²) in [5.74, 6) is 1.80. The highest BCUT2D eigenvalue weighted by atomic mass is 16.5. The van der Waals surface area contributed by atoms with Crippen LogP contribution in [-0.2, 0) is 11.3 Å². The molecule has 1 aromatic carbocycles. The molecular weight excluding hydrogens is 230 g/mol. The van der Waals surface area contributed by atoms with E-state index in [4.69, 9.17) is 14.2 Å². The van der Waals surface area contributed by atoms with Gasteiger partial charge in [0, 0.05) is 37.9 Å². The van der Waals surface area contributed by atoms with E-state index in [0.29, 0.717) is 6.10 Å². The second-order valence-corrected chi connectivity index (χ2v) is 4.64. The van der Waals surface area contributed by atoms with E-state index in [1.807, 2.05) is 13.0 Å². The molecule has 1 aromatic rings. The van der Waals surface area contributed by atoms with Crippen LogP contribution in [0.15, 0.2) is 12.1 Å². The fourth-order valence-corrected chi connectivity index (χ4v) is 2.40. The highest BCUT2D eigenvalue weighted by Gasteiger charge is 2.27. The minimum Gasteiger partial charge on any atom is -0.496 e. The Bertz CT molecular complexity index is 414. The average molecular weight is 251 g/mol. The Hall–Kier alpha value is -1.26. The summed E-state index contributed by atoms with van der Waals surface area (Å²) >= 11 is 0. The summed E-state index contributed by atoms with van der Waals surface area (Å²) in [6, 6.07) is 4.07. The van der Waals surface area contributed by atoms with Gasteiger partial charge in [0.15, 0.2) is 0 Å². The summed E-state index contributed by atoms with van der Waals surface area (Å²) < 4.78 is 16.1. The molecule has 0 radical (unpaired) electrons. The van der Waals surface area contributed by atoms with Crippen LogP contribution in [0.5, 0.6) is 11.5 Å². The summed E-state index contributed by atoms with van der Waals surface area (Å²) in [6.45, 7) is 4.90. The number of methoxy groups -OCH3 is 3. The third kappa shape index (κ3) is 2.44. The molecule has 18 heavy (non-hydrogen) atoms. The van der Waals surface area contributed by atoms with Gasteiger partial charge in [-0.15, -0.1) is 0 Å². The first-order valence-electron chi connectivity index (χ1n) is 6.15. The van der Waals surface area contributed by atoms with E-state index in [0.717, 1.165) is 36.7 Å². The lowest BCUT2D eigenvalue weighted by Gasteiger charge is -2.38. The molecular formula is C14H21NO3. The average Bonchev–Trinajstić information content (AvgIpc) is 2.33. The van der Waals surface area contributed by atoms with Crippen molar-refractivity contribution in [3.63, 3.8) is 0 Å². The van der Waals surface area contributed by atoms with Crippen LogP contribution >= 0.6 is 0 Å². The van der Waals surface area contributed by atoms with Crippen LogP contribution < -0.4 is 9.47 Å². The Balaban J connectivity index is 2.11. The Labute approximate surface area is 108 Å². The van der Waals surface area contributed by atoms with Crippen molar-refractivity contribution in [3.8, 4) is 11.5 Å². The van der Waals surface area contributed by atoms with Crippen LogP contribution in [0.2, 0.25) is 0 Å². The topological polar surface area (TPSA) is 30.9 Å². The quantitative estimate of drug-likeness (QED) is 0.799. The molecule has 0 saturated carbocycles. The largest absolute Gasteiger partial charge is 0.496 e. The fraction of sp³-hybridized carbons (Fsp3) is 0.571. The number of hydrogen-bond acceptors (Lipinski definition) is 4. The van der Waals surface area contributed by atoms with Crippen molar-refractivity contribution in [2.75, 3.05) is 34.4 Å². The maximum absolute atomic E-state index is 5.50. The maximum Gasteiger partial charge on any atom is 0.129 e. The molecule has 0 atom stereocenters. The van der Waals surface area contributed by atoms with Crippen LogP contribution in [0, 0.1) is 6.92 Å². The van der Waals surface area contributed by atoms with E-state index in [1.165, 1.54) is 5.56 Å². The number of ether oxygens (including phenoxy) is 3. The van der Waals surface area contributed by atoms with Crippen LogP contribution in [0.3, 0.4) is 0 Å². The lowest BCUT2D eigenvalue weighted by molar-refractivity contribution is -0.0336. The molecule has 0 spiro atoms. The Kier molecular flexibility index (Phi) is 4.09. The summed E-state index contributed by atoms with van der Waals surface area (Å²) in [6.07, 6.45) is 0.385. The highest BCUT2D eigenvalue weighted by Crippen LogP contribution is 2.32. The van der Waals surface area contributed by atoms with Gasteiger partial charge in [-0.3, -0.25) is 4.90 Å². The molecule has 2 rings (SSSR count). The lowest BCUT2D eigenvalue weighted by Crippen LogP contribution is -2.50. The van der Waals surface area contributed by atoms with Crippen molar-refractivity contribution in [3.05, 3.63) is 23.3 Å². The third-order valence-corrected chi connectivity index (χ3v) is 3.51. The second kappa shape index (κ2) is 5.59. The van der Waals surface area contributed by atoms with Crippen molar-refractivity contribution in [1.29, 1.82) is 0 Å². The number of rotatable bonds is 5. The molecule has 1 heterocycles. The van der Waals surface area contributed by atoms with Gasteiger partial charge >= 0.3 is 0 Å². The number of nitrogens with zero attached hydrogens (tertiary/aromatic N) is 1. The Morgan fingerprint density at radius 2 is 1.89 bits per heavy atom. The molecule has 1 fully saturated rings. The van der Waals surface area contributed by atoms with Gasteiger partial charge in [-0.2, -0.15) is 0 Å². The van der Waals surface area contributed by atoms with Gasteiger partial charge in [0.2, 0.25) is 0 Å². The highest BCUT2D eigenvalue weighted by molar-refractivity contribution is 5.49. The van der Waals surface area contributed by atoms with E-state index < -0.39 is 0 Å². The van der Waals surface area contributed by atoms with Crippen LogP contribution in [0.1, 0.15) is 11.1 Å². The van der Waals surface area contributed by atoms with Gasteiger partial charge in [0.1, 0.15) is 11.5 Å². The smallest absolute Gasteiger partial charge is 0.129 e. The van der Waals surface area contributed by atoms with E-state index in [9.17, 15) is 0 Å². The van der Waals surface area contributed by atoms with Gasteiger partial charge in [0.25, 0.3) is 0 Å². The van der Waals surface area contributed by atoms with E-state index in [1.54, 1.807) is 21.3 Å². The fourth-order valence-electron chi connectivity index (χ4n) is 2.40. The molecule has 0 aliphatic carbocycles. The first kappa shape index (κ1) is 13.2. The summed E-state index contributed by atoms with van der Waals surface area (Å²) in [5.41, 5.74) is 2.26. The van der Waals surface area contributed by atoms with Crippen molar-refractivity contribution < 1.29 is 14.2 Å². The number of likely N-dealkylation sites (tertiary alicyclic amines) is 1. The molecule has 0 bridgehead atoms. The second-order valence-electron chi connectivity index (χ2n) is 4.64. The van der Waals surface area contributed by atoms with E-state index in [-0.39, 0.29) is 0 Å². The van der Waals surface area contributed by atoms with E-state index in [2.05, 4.69) is 11.0 Å². The molecule has 0 aromatic heterocycles. The Morgan fingerprint density at radius 1 is 1.17 bits per heavy atom. The molecule has 0 amide bonds. The molecule has 0 N–H and O–H groups in total. The molecule has 1 saturated heterocycles. The van der Waals surface area contributed by atoms with Crippen molar-refractivity contribution in [2.24, 2.45) is 0 Å². The standard InChI is InChI=1S/C14H21NO3/c1-10-13(17-3)6-5-11(14(10)18-4)7-15-8-12(9-15)16-2/h5-6,12H,7-9H2,1-4H3. The summed E-state index contributed by atoms with van der Waals surface area (Å²) in [4.78, 5) is 2.35. The monoisotopic (exact) mass is 251 g/mol. The molecule has 1 aliphatic rings. The lowest BCUT2D eigenvalue weighted by atomic mass is 10.1. The SMILES string of the molecule is COc1ccc(CN2CC(OC)C2)c(OC)c1C. The molecule has 1 aliphatic heterocycles. The summed E-state index contributed by atoms with van der Waals surface area (Å²) in [7, 11) is 5.15. The van der Waals surface area contributed by atoms with Crippen molar-refractivity contribution >= 4 is 0 Å². The van der Waals surface area contributed by atoms with Crippen LogP contribution in [0.4, 0.5) is 0 Å². The zero-order chi connectivity index (χ0) is 13.1. The minimum absolute atomic E-state index is 0.385. The third-order valence-electron chi connectivity index (χ3n) is 3.51.